The number of methoxy groups -OCH3 is 1. The number of ether oxygens (including phenoxy) is 2. The normalized spacial score (nSPS) is 14.1. The van der Waals surface area contributed by atoms with Gasteiger partial charge in [-0.2, -0.15) is 0 Å². The second-order valence-corrected chi connectivity index (χ2v) is 7.28. The van der Waals surface area contributed by atoms with Gasteiger partial charge in [0.2, 0.25) is 0 Å². The lowest BCUT2D eigenvalue weighted by Gasteiger charge is -2.35. The van der Waals surface area contributed by atoms with Crippen molar-refractivity contribution >= 4 is 6.47 Å². The quantitative estimate of drug-likeness (QED) is 0.768. The molecule has 0 fully saturated rings. The number of carbonyl (C=O) groups is 1. The van der Waals surface area contributed by atoms with Gasteiger partial charge in [-0.05, 0) is 56.0 Å². The molecule has 2 aromatic rings. The summed E-state index contributed by atoms with van der Waals surface area (Å²) in [4.78, 5) is 13.1. The number of rotatable bonds is 7. The smallest absolute Gasteiger partial charge is 0.298 e. The number of phenols is 1. The molecule has 5 nitrogen and oxygen atoms in total. The lowest BCUT2D eigenvalue weighted by molar-refractivity contribution is -0.120. The molecule has 2 aromatic carbocycles. The van der Waals surface area contributed by atoms with E-state index in [2.05, 4.69) is 24.8 Å². The van der Waals surface area contributed by atoms with Crippen molar-refractivity contribution in [2.45, 2.75) is 45.3 Å². The Bertz CT molecular complexity index is 801. The zero-order chi connectivity index (χ0) is 18.7. The minimum Gasteiger partial charge on any atom is -0.504 e. The molecule has 0 spiro atoms. The van der Waals surface area contributed by atoms with Gasteiger partial charge in [-0.15, -0.1) is 0 Å². The van der Waals surface area contributed by atoms with Gasteiger partial charge < -0.3 is 14.6 Å². The highest BCUT2D eigenvalue weighted by atomic mass is 16.5. The van der Waals surface area contributed by atoms with Crippen LogP contribution in [0.25, 0.3) is 0 Å². The number of carbonyl (C=O) groups excluding carboxylic acids is 1. The Morgan fingerprint density at radius 2 is 2.00 bits per heavy atom. The first-order valence-electron chi connectivity index (χ1n) is 8.76. The van der Waals surface area contributed by atoms with Gasteiger partial charge in [0, 0.05) is 24.2 Å². The predicted octanol–water partition coefficient (Wildman–Crippen LogP) is 3.66. The molecule has 26 heavy (non-hydrogen) atoms. The van der Waals surface area contributed by atoms with Gasteiger partial charge in [0.15, 0.2) is 11.5 Å². The van der Waals surface area contributed by atoms with Crippen LogP contribution in [0.2, 0.25) is 0 Å². The van der Waals surface area contributed by atoms with E-state index in [1.165, 1.54) is 5.56 Å². The Hall–Kier alpha value is -2.53. The van der Waals surface area contributed by atoms with E-state index in [0.29, 0.717) is 18.0 Å². The molecule has 1 N–H and O–H groups in total. The van der Waals surface area contributed by atoms with Crippen molar-refractivity contribution in [1.82, 2.24) is 4.90 Å². The number of phenolic OH excluding ortho intramolecular Hbond substituents is 1. The molecule has 0 saturated carbocycles. The summed E-state index contributed by atoms with van der Waals surface area (Å²) in [5.41, 5.74) is 3.42. The topological polar surface area (TPSA) is 59.0 Å². The third-order valence-electron chi connectivity index (χ3n) is 5.24. The highest BCUT2D eigenvalue weighted by Gasteiger charge is 2.33. The van der Waals surface area contributed by atoms with E-state index in [4.69, 9.17) is 9.47 Å². The summed E-state index contributed by atoms with van der Waals surface area (Å²) >= 11 is 0. The molecule has 138 valence electrons. The number of hydrogen-bond donors (Lipinski definition) is 1. The molecule has 0 aliphatic carbocycles. The minimum atomic E-state index is -0.0252. The van der Waals surface area contributed by atoms with Crippen LogP contribution in [0.15, 0.2) is 36.4 Å². The van der Waals surface area contributed by atoms with E-state index in [1.807, 2.05) is 24.3 Å². The zero-order valence-electron chi connectivity index (χ0n) is 15.5. The summed E-state index contributed by atoms with van der Waals surface area (Å²) in [6.45, 7) is 6.57. The predicted molar refractivity (Wildman–Crippen MR) is 99.4 cm³/mol. The lowest BCUT2D eigenvalue weighted by atomic mass is 9.93. The van der Waals surface area contributed by atoms with Gasteiger partial charge >= 0.3 is 0 Å². The average molecular weight is 355 g/mol. The number of aryl methyl sites for hydroxylation is 1. The summed E-state index contributed by atoms with van der Waals surface area (Å²) in [5, 5.41) is 9.74. The van der Waals surface area contributed by atoms with Gasteiger partial charge in [-0.1, -0.05) is 18.2 Å². The van der Waals surface area contributed by atoms with Gasteiger partial charge in [0.1, 0.15) is 5.75 Å². The Labute approximate surface area is 154 Å². The molecular weight excluding hydrogens is 330 g/mol. The average Bonchev–Trinajstić information content (AvgIpc) is 3.08. The molecule has 3 rings (SSSR count). The third-order valence-corrected chi connectivity index (χ3v) is 5.24. The second kappa shape index (κ2) is 7.38. The van der Waals surface area contributed by atoms with Crippen LogP contribution in [-0.2, 0) is 24.3 Å². The molecule has 1 aliphatic heterocycles. The number of hydrogen-bond acceptors (Lipinski definition) is 5. The molecule has 0 atom stereocenters. The van der Waals surface area contributed by atoms with Gasteiger partial charge in [-0.25, -0.2) is 0 Å². The van der Waals surface area contributed by atoms with Gasteiger partial charge in [0.05, 0.1) is 7.11 Å². The maximum atomic E-state index is 10.7. The zero-order valence-corrected chi connectivity index (χ0v) is 15.5. The van der Waals surface area contributed by atoms with E-state index in [-0.39, 0.29) is 11.3 Å². The van der Waals surface area contributed by atoms with Crippen molar-refractivity contribution in [3.05, 3.63) is 53.1 Å². The largest absolute Gasteiger partial charge is 0.504 e. The molecule has 0 radical (unpaired) electrons. The fourth-order valence-corrected chi connectivity index (χ4v) is 3.47. The Balaban J connectivity index is 1.69. The summed E-state index contributed by atoms with van der Waals surface area (Å²) < 4.78 is 10.3. The standard InChI is InChI=1S/C21H25NO4/c1-21(2,10-9-15-7-8-18(24)20(11-15)25-3)22-12-16-5-4-6-19(26-14-23)17(16)13-22/h4-8,11,14,24H,9-10,12-13H2,1-3H3. The second-order valence-electron chi connectivity index (χ2n) is 7.28. The first-order valence-corrected chi connectivity index (χ1v) is 8.76. The summed E-state index contributed by atoms with van der Waals surface area (Å²) in [7, 11) is 1.56. The van der Waals surface area contributed by atoms with Gasteiger partial charge in [-0.3, -0.25) is 9.69 Å². The number of fused-ring (bicyclic) bond motifs is 1. The summed E-state index contributed by atoms with van der Waals surface area (Å²) in [5.74, 6) is 1.32. The Morgan fingerprint density at radius 1 is 1.19 bits per heavy atom. The lowest BCUT2D eigenvalue weighted by Crippen LogP contribution is -2.40. The van der Waals surface area contributed by atoms with Crippen molar-refractivity contribution in [2.24, 2.45) is 0 Å². The van der Waals surface area contributed by atoms with Crippen LogP contribution in [0, 0.1) is 0 Å². The van der Waals surface area contributed by atoms with E-state index in [0.717, 1.165) is 37.1 Å². The molecule has 0 amide bonds. The molecule has 0 unspecified atom stereocenters. The van der Waals surface area contributed by atoms with Crippen molar-refractivity contribution in [1.29, 1.82) is 0 Å². The minimum absolute atomic E-state index is 0.0252. The Kier molecular flexibility index (Phi) is 5.18. The van der Waals surface area contributed by atoms with Crippen LogP contribution in [0.1, 0.15) is 37.0 Å². The first kappa shape index (κ1) is 18.3. The van der Waals surface area contributed by atoms with Crippen molar-refractivity contribution in [3.63, 3.8) is 0 Å². The molecule has 1 aliphatic rings. The van der Waals surface area contributed by atoms with Gasteiger partial charge in [0.25, 0.3) is 6.47 Å². The third kappa shape index (κ3) is 3.68. The summed E-state index contributed by atoms with van der Waals surface area (Å²) in [6, 6.07) is 11.4. The Morgan fingerprint density at radius 3 is 2.73 bits per heavy atom. The first-order chi connectivity index (χ1) is 12.4. The summed E-state index contributed by atoms with van der Waals surface area (Å²) in [6.07, 6.45) is 1.84. The van der Waals surface area contributed by atoms with E-state index in [9.17, 15) is 9.90 Å². The maximum Gasteiger partial charge on any atom is 0.298 e. The maximum absolute atomic E-state index is 10.7. The molecular formula is C21H25NO4. The van der Waals surface area contributed by atoms with Crippen LogP contribution in [0.4, 0.5) is 0 Å². The van der Waals surface area contributed by atoms with Crippen molar-refractivity contribution < 1.29 is 19.4 Å². The van der Waals surface area contributed by atoms with Crippen LogP contribution in [0.3, 0.4) is 0 Å². The van der Waals surface area contributed by atoms with Crippen LogP contribution < -0.4 is 9.47 Å². The fraction of sp³-hybridized carbons (Fsp3) is 0.381. The SMILES string of the molecule is COc1cc(CCC(C)(C)N2Cc3cccc(OC=O)c3C2)ccc1O. The molecule has 0 aromatic heterocycles. The number of nitrogens with zero attached hydrogens (tertiary/aromatic N) is 1. The molecule has 5 heteroatoms. The molecule has 0 bridgehead atoms. The number of benzene rings is 2. The molecule has 1 heterocycles. The van der Waals surface area contributed by atoms with Crippen LogP contribution >= 0.6 is 0 Å². The van der Waals surface area contributed by atoms with Crippen LogP contribution in [0.5, 0.6) is 17.2 Å². The highest BCUT2D eigenvalue weighted by Crippen LogP contribution is 2.36. The van der Waals surface area contributed by atoms with Crippen LogP contribution in [-0.4, -0.2) is 29.1 Å². The monoisotopic (exact) mass is 355 g/mol. The van der Waals surface area contributed by atoms with Crippen molar-refractivity contribution in [3.8, 4) is 17.2 Å². The highest BCUT2D eigenvalue weighted by molar-refractivity contribution is 5.51. The molecule has 0 saturated heterocycles. The van der Waals surface area contributed by atoms with E-state index < -0.39 is 0 Å². The van der Waals surface area contributed by atoms with E-state index >= 15 is 0 Å². The van der Waals surface area contributed by atoms with Crippen molar-refractivity contribution in [2.75, 3.05) is 7.11 Å². The fourth-order valence-electron chi connectivity index (χ4n) is 3.47. The van der Waals surface area contributed by atoms with E-state index in [1.54, 1.807) is 13.2 Å². The number of aromatic hydroxyl groups is 1.